The van der Waals surface area contributed by atoms with E-state index in [1.807, 2.05) is 0 Å². The van der Waals surface area contributed by atoms with Crippen molar-refractivity contribution in [2.45, 2.75) is 32.1 Å². The molecule has 2 aliphatic rings. The van der Waals surface area contributed by atoms with Gasteiger partial charge in [0.25, 0.3) is 0 Å². The fourth-order valence-corrected chi connectivity index (χ4v) is 1.88. The van der Waals surface area contributed by atoms with Crippen LogP contribution >= 0.6 is 0 Å². The molecule has 0 N–H and O–H groups in total. The van der Waals surface area contributed by atoms with Crippen LogP contribution in [0.15, 0.2) is 5.10 Å². The Hall–Kier alpha value is -0.570. The first-order chi connectivity index (χ1) is 6.95. The van der Waals surface area contributed by atoms with Crippen LogP contribution in [-0.4, -0.2) is 48.8 Å². The second-order valence-corrected chi connectivity index (χ2v) is 4.30. The Morgan fingerprint density at radius 3 is 2.29 bits per heavy atom. The standard InChI is InChI=1S/C11H21N3/c1-2-4-9-14(8-3-1)12-6-5-7-13-10-11-13/h6H,1-5,7-11H2/b12-6+. The second kappa shape index (κ2) is 5.35. The molecular formula is C11H21N3. The SMILES string of the molecule is C(/CCN1CC1)=N\N1CCCCCC1. The van der Waals surface area contributed by atoms with Crippen molar-refractivity contribution in [2.75, 3.05) is 32.7 Å². The highest BCUT2D eigenvalue weighted by atomic mass is 15.4. The molecule has 2 aliphatic heterocycles. The van der Waals surface area contributed by atoms with Crippen LogP contribution in [0, 0.1) is 0 Å². The zero-order valence-corrected chi connectivity index (χ0v) is 8.99. The van der Waals surface area contributed by atoms with Crippen LogP contribution in [-0.2, 0) is 0 Å². The molecule has 80 valence electrons. The smallest absolute Gasteiger partial charge is 0.0360 e. The second-order valence-electron chi connectivity index (χ2n) is 4.30. The summed E-state index contributed by atoms with van der Waals surface area (Å²) in [5, 5.41) is 6.77. The van der Waals surface area contributed by atoms with E-state index >= 15 is 0 Å². The van der Waals surface area contributed by atoms with Gasteiger partial charge in [0.05, 0.1) is 0 Å². The van der Waals surface area contributed by atoms with Crippen molar-refractivity contribution in [2.24, 2.45) is 5.10 Å². The minimum atomic E-state index is 1.12. The van der Waals surface area contributed by atoms with Crippen LogP contribution in [0.25, 0.3) is 0 Å². The Morgan fingerprint density at radius 1 is 0.929 bits per heavy atom. The molecule has 3 heteroatoms. The van der Waals surface area contributed by atoms with Crippen molar-refractivity contribution in [1.82, 2.24) is 9.91 Å². The monoisotopic (exact) mass is 195 g/mol. The van der Waals surface area contributed by atoms with E-state index in [1.165, 1.54) is 58.4 Å². The minimum Gasteiger partial charge on any atom is -0.300 e. The van der Waals surface area contributed by atoms with Crippen LogP contribution < -0.4 is 0 Å². The van der Waals surface area contributed by atoms with Gasteiger partial charge < -0.3 is 4.90 Å². The Balaban J connectivity index is 1.60. The zero-order valence-electron chi connectivity index (χ0n) is 8.99. The third-order valence-electron chi connectivity index (χ3n) is 2.94. The first kappa shape index (κ1) is 9.97. The minimum absolute atomic E-state index is 1.12. The van der Waals surface area contributed by atoms with Gasteiger partial charge in [0, 0.05) is 38.9 Å². The molecule has 0 unspecified atom stereocenters. The normalized spacial score (nSPS) is 24.1. The van der Waals surface area contributed by atoms with Crippen LogP contribution in [0.5, 0.6) is 0 Å². The van der Waals surface area contributed by atoms with Gasteiger partial charge in [-0.15, -0.1) is 0 Å². The summed E-state index contributed by atoms with van der Waals surface area (Å²) in [7, 11) is 0. The van der Waals surface area contributed by atoms with Crippen molar-refractivity contribution >= 4 is 6.21 Å². The van der Waals surface area contributed by atoms with Gasteiger partial charge in [-0.25, -0.2) is 0 Å². The van der Waals surface area contributed by atoms with Crippen molar-refractivity contribution in [1.29, 1.82) is 0 Å². The molecule has 2 fully saturated rings. The van der Waals surface area contributed by atoms with E-state index in [9.17, 15) is 0 Å². The first-order valence-corrected chi connectivity index (χ1v) is 5.95. The topological polar surface area (TPSA) is 18.6 Å². The largest absolute Gasteiger partial charge is 0.300 e. The molecule has 0 atom stereocenters. The summed E-state index contributed by atoms with van der Waals surface area (Å²) in [6.45, 7) is 6.15. The van der Waals surface area contributed by atoms with Gasteiger partial charge in [0.1, 0.15) is 0 Å². The molecule has 0 aromatic carbocycles. The highest BCUT2D eigenvalue weighted by Crippen LogP contribution is 2.09. The molecule has 3 nitrogen and oxygen atoms in total. The molecule has 0 bridgehead atoms. The summed E-state index contributed by atoms with van der Waals surface area (Å²) in [5.41, 5.74) is 0. The molecule has 0 saturated carbocycles. The third kappa shape index (κ3) is 3.66. The molecule has 2 heterocycles. The number of hydrazone groups is 1. The molecule has 0 amide bonds. The predicted molar refractivity (Wildman–Crippen MR) is 59.6 cm³/mol. The summed E-state index contributed by atoms with van der Waals surface area (Å²) in [6, 6.07) is 0. The Bertz CT molecular complexity index is 179. The Kier molecular flexibility index (Phi) is 3.80. The van der Waals surface area contributed by atoms with Crippen molar-refractivity contribution in [3.05, 3.63) is 0 Å². The lowest BCUT2D eigenvalue weighted by Crippen LogP contribution is -2.18. The summed E-state index contributed by atoms with van der Waals surface area (Å²) >= 11 is 0. The van der Waals surface area contributed by atoms with E-state index in [0.29, 0.717) is 0 Å². The fraction of sp³-hybridized carbons (Fsp3) is 0.909. The van der Waals surface area contributed by atoms with Crippen LogP contribution in [0.3, 0.4) is 0 Å². The first-order valence-electron chi connectivity index (χ1n) is 5.95. The molecule has 0 aliphatic carbocycles. The van der Waals surface area contributed by atoms with E-state index in [4.69, 9.17) is 0 Å². The highest BCUT2D eigenvalue weighted by molar-refractivity contribution is 5.57. The molecule has 0 aromatic heterocycles. The van der Waals surface area contributed by atoms with E-state index in [2.05, 4.69) is 21.2 Å². The molecule has 0 spiro atoms. The predicted octanol–water partition coefficient (Wildman–Crippen LogP) is 1.55. The summed E-state index contributed by atoms with van der Waals surface area (Å²) < 4.78 is 0. The number of nitrogens with zero attached hydrogens (tertiary/aromatic N) is 3. The zero-order chi connectivity index (χ0) is 9.64. The lowest BCUT2D eigenvalue weighted by atomic mass is 10.2. The quantitative estimate of drug-likeness (QED) is 0.500. The lowest BCUT2D eigenvalue weighted by Gasteiger charge is -2.15. The Morgan fingerprint density at radius 2 is 1.64 bits per heavy atom. The number of hydrogen-bond acceptors (Lipinski definition) is 3. The van der Waals surface area contributed by atoms with Gasteiger partial charge in [-0.05, 0) is 19.3 Å². The Labute approximate surface area is 86.8 Å². The molecule has 0 radical (unpaired) electrons. The van der Waals surface area contributed by atoms with E-state index in [1.54, 1.807) is 0 Å². The highest BCUT2D eigenvalue weighted by Gasteiger charge is 2.14. The van der Waals surface area contributed by atoms with Crippen molar-refractivity contribution < 1.29 is 0 Å². The molecular weight excluding hydrogens is 174 g/mol. The lowest BCUT2D eigenvalue weighted by molar-refractivity contribution is 0.301. The van der Waals surface area contributed by atoms with Crippen LogP contribution in [0.1, 0.15) is 32.1 Å². The van der Waals surface area contributed by atoms with Crippen LogP contribution in [0.2, 0.25) is 0 Å². The van der Waals surface area contributed by atoms with Gasteiger partial charge in [-0.1, -0.05) is 12.8 Å². The van der Waals surface area contributed by atoms with E-state index in [-0.39, 0.29) is 0 Å². The van der Waals surface area contributed by atoms with Gasteiger partial charge in [-0.3, -0.25) is 5.01 Å². The number of rotatable bonds is 4. The maximum absolute atomic E-state index is 4.52. The van der Waals surface area contributed by atoms with Crippen LogP contribution in [0.4, 0.5) is 0 Å². The van der Waals surface area contributed by atoms with E-state index < -0.39 is 0 Å². The third-order valence-corrected chi connectivity index (χ3v) is 2.94. The van der Waals surface area contributed by atoms with Gasteiger partial charge in [-0.2, -0.15) is 5.10 Å². The average Bonchev–Trinajstić information content (AvgIpc) is 3.01. The van der Waals surface area contributed by atoms with Gasteiger partial charge >= 0.3 is 0 Å². The summed E-state index contributed by atoms with van der Waals surface area (Å²) in [6.07, 6.45) is 8.65. The average molecular weight is 195 g/mol. The summed E-state index contributed by atoms with van der Waals surface area (Å²) in [5.74, 6) is 0. The maximum Gasteiger partial charge on any atom is 0.0360 e. The maximum atomic E-state index is 4.52. The van der Waals surface area contributed by atoms with Crippen molar-refractivity contribution in [3.8, 4) is 0 Å². The number of hydrogen-bond donors (Lipinski definition) is 0. The summed E-state index contributed by atoms with van der Waals surface area (Å²) in [4.78, 5) is 2.44. The fourth-order valence-electron chi connectivity index (χ4n) is 1.88. The molecule has 14 heavy (non-hydrogen) atoms. The molecule has 0 aromatic rings. The van der Waals surface area contributed by atoms with Gasteiger partial charge in [0.15, 0.2) is 0 Å². The van der Waals surface area contributed by atoms with Gasteiger partial charge in [0.2, 0.25) is 0 Å². The van der Waals surface area contributed by atoms with E-state index in [0.717, 1.165) is 6.42 Å². The molecule has 2 saturated heterocycles. The molecule has 2 rings (SSSR count). The van der Waals surface area contributed by atoms with Crippen molar-refractivity contribution in [3.63, 3.8) is 0 Å².